The van der Waals surface area contributed by atoms with Gasteiger partial charge in [-0.2, -0.15) is 0 Å². The van der Waals surface area contributed by atoms with Crippen LogP contribution in [-0.4, -0.2) is 6.61 Å². The standard InChI is InChI=1S/C18H26O/c1-3-18-13-16(10-9-15(18)2)11-12-19-14-17-7-5-4-6-8-17/h4-8,16H,3,9-14H2,1-2H3/t16-/m0/s1. The Kier molecular flexibility index (Phi) is 5.65. The Balaban J connectivity index is 1.67. The molecular formula is C18H26O. The molecule has 1 heteroatoms. The van der Waals surface area contributed by atoms with E-state index in [0.29, 0.717) is 0 Å². The Morgan fingerprint density at radius 3 is 2.74 bits per heavy atom. The smallest absolute Gasteiger partial charge is 0.0716 e. The number of allylic oxidation sites excluding steroid dienone is 2. The summed E-state index contributed by atoms with van der Waals surface area (Å²) in [5.74, 6) is 0.842. The Bertz CT molecular complexity index is 405. The lowest BCUT2D eigenvalue weighted by Crippen LogP contribution is -2.12. The van der Waals surface area contributed by atoms with Crippen LogP contribution in [0.2, 0.25) is 0 Å². The number of ether oxygens (including phenoxy) is 1. The molecule has 0 unspecified atom stereocenters. The first kappa shape index (κ1) is 14.3. The van der Waals surface area contributed by atoms with Crippen LogP contribution in [0.15, 0.2) is 41.5 Å². The molecule has 0 aromatic heterocycles. The van der Waals surface area contributed by atoms with Crippen molar-refractivity contribution in [1.29, 1.82) is 0 Å². The van der Waals surface area contributed by atoms with Gasteiger partial charge in [-0.15, -0.1) is 0 Å². The van der Waals surface area contributed by atoms with Crippen LogP contribution in [-0.2, 0) is 11.3 Å². The molecule has 1 aliphatic carbocycles. The minimum Gasteiger partial charge on any atom is -0.377 e. The summed E-state index contributed by atoms with van der Waals surface area (Å²) in [5.41, 5.74) is 4.61. The summed E-state index contributed by atoms with van der Waals surface area (Å²) in [6.07, 6.45) is 6.39. The number of rotatable bonds is 6. The average Bonchev–Trinajstić information content (AvgIpc) is 2.46. The fourth-order valence-electron chi connectivity index (χ4n) is 2.93. The summed E-state index contributed by atoms with van der Waals surface area (Å²) in [6, 6.07) is 10.4. The lowest BCUT2D eigenvalue weighted by molar-refractivity contribution is 0.105. The number of hydrogen-bond donors (Lipinski definition) is 0. The van der Waals surface area contributed by atoms with Crippen molar-refractivity contribution in [3.8, 4) is 0 Å². The van der Waals surface area contributed by atoms with Crippen molar-refractivity contribution in [3.63, 3.8) is 0 Å². The van der Waals surface area contributed by atoms with Crippen LogP contribution in [0.25, 0.3) is 0 Å². The molecule has 0 N–H and O–H groups in total. The SMILES string of the molecule is CCC1=C(C)CC[C@@H](CCOCc2ccccc2)C1. The van der Waals surface area contributed by atoms with Crippen LogP contribution in [0.4, 0.5) is 0 Å². The number of benzene rings is 1. The molecule has 1 atom stereocenters. The van der Waals surface area contributed by atoms with Gasteiger partial charge in [0.15, 0.2) is 0 Å². The highest BCUT2D eigenvalue weighted by atomic mass is 16.5. The van der Waals surface area contributed by atoms with Crippen LogP contribution < -0.4 is 0 Å². The molecule has 0 spiro atoms. The van der Waals surface area contributed by atoms with Crippen molar-refractivity contribution in [2.24, 2.45) is 5.92 Å². The molecule has 0 saturated carbocycles. The Morgan fingerprint density at radius 2 is 2.00 bits per heavy atom. The summed E-state index contributed by atoms with van der Waals surface area (Å²) in [4.78, 5) is 0. The first-order valence-corrected chi connectivity index (χ1v) is 7.58. The van der Waals surface area contributed by atoms with E-state index < -0.39 is 0 Å². The van der Waals surface area contributed by atoms with Gasteiger partial charge in [-0.1, -0.05) is 48.4 Å². The van der Waals surface area contributed by atoms with E-state index in [1.807, 2.05) is 6.07 Å². The monoisotopic (exact) mass is 258 g/mol. The molecular weight excluding hydrogens is 232 g/mol. The second kappa shape index (κ2) is 7.49. The van der Waals surface area contributed by atoms with Crippen molar-refractivity contribution in [3.05, 3.63) is 47.0 Å². The molecule has 1 aromatic carbocycles. The van der Waals surface area contributed by atoms with Crippen molar-refractivity contribution in [2.75, 3.05) is 6.61 Å². The van der Waals surface area contributed by atoms with E-state index in [4.69, 9.17) is 4.74 Å². The molecule has 0 bridgehead atoms. The van der Waals surface area contributed by atoms with Crippen LogP contribution in [0.3, 0.4) is 0 Å². The average molecular weight is 258 g/mol. The lowest BCUT2D eigenvalue weighted by Gasteiger charge is -2.25. The largest absolute Gasteiger partial charge is 0.377 e. The molecule has 19 heavy (non-hydrogen) atoms. The van der Waals surface area contributed by atoms with Gasteiger partial charge in [0.25, 0.3) is 0 Å². The third kappa shape index (κ3) is 4.50. The minimum atomic E-state index is 0.753. The molecule has 0 heterocycles. The van der Waals surface area contributed by atoms with E-state index in [-0.39, 0.29) is 0 Å². The molecule has 1 nitrogen and oxygen atoms in total. The maximum Gasteiger partial charge on any atom is 0.0716 e. The fraction of sp³-hybridized carbons (Fsp3) is 0.556. The lowest BCUT2D eigenvalue weighted by atomic mass is 9.82. The van der Waals surface area contributed by atoms with Crippen LogP contribution in [0.5, 0.6) is 0 Å². The van der Waals surface area contributed by atoms with Crippen molar-refractivity contribution < 1.29 is 4.74 Å². The maximum absolute atomic E-state index is 5.80. The van der Waals surface area contributed by atoms with E-state index in [1.165, 1.54) is 37.7 Å². The fourth-order valence-corrected chi connectivity index (χ4v) is 2.93. The summed E-state index contributed by atoms with van der Waals surface area (Å²) in [7, 11) is 0. The summed E-state index contributed by atoms with van der Waals surface area (Å²) in [5, 5.41) is 0. The van der Waals surface area contributed by atoms with E-state index in [1.54, 1.807) is 11.1 Å². The Morgan fingerprint density at radius 1 is 1.21 bits per heavy atom. The molecule has 0 fully saturated rings. The van der Waals surface area contributed by atoms with Gasteiger partial charge in [-0.25, -0.2) is 0 Å². The van der Waals surface area contributed by atoms with Crippen molar-refractivity contribution >= 4 is 0 Å². The first-order valence-electron chi connectivity index (χ1n) is 7.58. The molecule has 0 radical (unpaired) electrons. The zero-order valence-corrected chi connectivity index (χ0v) is 12.3. The highest BCUT2D eigenvalue weighted by Gasteiger charge is 2.17. The molecule has 0 aliphatic heterocycles. The molecule has 104 valence electrons. The predicted molar refractivity (Wildman–Crippen MR) is 81.0 cm³/mol. The van der Waals surface area contributed by atoms with Crippen LogP contribution in [0, 0.1) is 5.92 Å². The van der Waals surface area contributed by atoms with Gasteiger partial charge in [0.1, 0.15) is 0 Å². The first-order chi connectivity index (χ1) is 9.29. The molecule has 0 saturated heterocycles. The van der Waals surface area contributed by atoms with Gasteiger partial charge >= 0.3 is 0 Å². The van der Waals surface area contributed by atoms with E-state index in [0.717, 1.165) is 19.1 Å². The molecule has 0 amide bonds. The number of hydrogen-bond acceptors (Lipinski definition) is 1. The normalized spacial score (nSPS) is 19.8. The topological polar surface area (TPSA) is 9.23 Å². The second-order valence-corrected chi connectivity index (χ2v) is 5.67. The van der Waals surface area contributed by atoms with Gasteiger partial charge in [0.05, 0.1) is 6.61 Å². The predicted octanol–water partition coefficient (Wildman–Crippen LogP) is 5.12. The highest BCUT2D eigenvalue weighted by Crippen LogP contribution is 2.32. The third-order valence-electron chi connectivity index (χ3n) is 4.27. The molecule has 1 aliphatic rings. The van der Waals surface area contributed by atoms with Gasteiger partial charge < -0.3 is 4.74 Å². The summed E-state index contributed by atoms with van der Waals surface area (Å²) < 4.78 is 5.80. The molecule has 2 rings (SSSR count). The molecule has 1 aromatic rings. The summed E-state index contributed by atoms with van der Waals surface area (Å²) >= 11 is 0. The third-order valence-corrected chi connectivity index (χ3v) is 4.27. The van der Waals surface area contributed by atoms with Gasteiger partial charge in [0, 0.05) is 6.61 Å². The minimum absolute atomic E-state index is 0.753. The van der Waals surface area contributed by atoms with E-state index >= 15 is 0 Å². The quantitative estimate of drug-likeness (QED) is 0.508. The summed E-state index contributed by atoms with van der Waals surface area (Å²) in [6.45, 7) is 6.24. The Labute approximate surface area is 117 Å². The van der Waals surface area contributed by atoms with Crippen LogP contribution in [0.1, 0.15) is 51.5 Å². The zero-order valence-electron chi connectivity index (χ0n) is 12.3. The Hall–Kier alpha value is -1.08. The van der Waals surface area contributed by atoms with Gasteiger partial charge in [-0.05, 0) is 50.5 Å². The van der Waals surface area contributed by atoms with Crippen molar-refractivity contribution in [2.45, 2.75) is 52.6 Å². The highest BCUT2D eigenvalue weighted by molar-refractivity contribution is 5.15. The zero-order chi connectivity index (χ0) is 13.5. The van der Waals surface area contributed by atoms with Crippen molar-refractivity contribution in [1.82, 2.24) is 0 Å². The van der Waals surface area contributed by atoms with E-state index in [9.17, 15) is 0 Å². The maximum atomic E-state index is 5.80. The van der Waals surface area contributed by atoms with E-state index in [2.05, 4.69) is 38.1 Å². The second-order valence-electron chi connectivity index (χ2n) is 5.67. The van der Waals surface area contributed by atoms with Gasteiger partial charge in [0.2, 0.25) is 0 Å². The van der Waals surface area contributed by atoms with Gasteiger partial charge in [-0.3, -0.25) is 0 Å². The van der Waals surface area contributed by atoms with Crippen LogP contribution >= 0.6 is 0 Å².